The molecule has 74 valence electrons. The largest absolute Gasteiger partial charge is 0.458 e. The molecule has 5 heteroatoms. The number of nitrogens with zero attached hydrogens (tertiary/aromatic N) is 1. The number of likely N-dealkylation sites (tertiary alicyclic amines) is 1. The van der Waals surface area contributed by atoms with Gasteiger partial charge in [-0.25, -0.2) is 4.79 Å². The second-order valence-electron chi connectivity index (χ2n) is 3.21. The van der Waals surface area contributed by atoms with E-state index in [1.165, 1.54) is 11.8 Å². The maximum Gasteiger partial charge on any atom is 0.335 e. The minimum Gasteiger partial charge on any atom is -0.458 e. The third-order valence-electron chi connectivity index (χ3n) is 1.93. The van der Waals surface area contributed by atoms with E-state index in [4.69, 9.17) is 9.84 Å². The van der Waals surface area contributed by atoms with Gasteiger partial charge in [-0.15, -0.1) is 0 Å². The lowest BCUT2D eigenvalue weighted by Gasteiger charge is -2.12. The maximum absolute atomic E-state index is 11.0. The highest BCUT2D eigenvalue weighted by atomic mass is 16.6. The number of ether oxygens (including phenoxy) is 1. The number of carbonyl (C=O) groups is 2. The van der Waals surface area contributed by atoms with Gasteiger partial charge < -0.3 is 14.7 Å². The number of likely N-dealkylation sites (N-methyl/N-ethyl adjacent to an activating group) is 1. The Morgan fingerprint density at radius 2 is 2.38 bits per heavy atom. The summed E-state index contributed by atoms with van der Waals surface area (Å²) in [6.45, 7) is 1.75. The Morgan fingerprint density at radius 1 is 1.77 bits per heavy atom. The molecule has 1 fully saturated rings. The summed E-state index contributed by atoms with van der Waals surface area (Å²) in [5.41, 5.74) is 0. The van der Waals surface area contributed by atoms with E-state index < -0.39 is 18.2 Å². The van der Waals surface area contributed by atoms with Crippen LogP contribution in [0.1, 0.15) is 13.3 Å². The zero-order chi connectivity index (χ0) is 10.0. The molecule has 0 aliphatic carbocycles. The van der Waals surface area contributed by atoms with Crippen molar-refractivity contribution in [2.45, 2.75) is 25.6 Å². The van der Waals surface area contributed by atoms with Crippen LogP contribution in [-0.4, -0.2) is 47.7 Å². The van der Waals surface area contributed by atoms with Crippen LogP contribution in [0.2, 0.25) is 0 Å². The number of aliphatic hydroxyl groups excluding tert-OH is 1. The number of amides is 1. The van der Waals surface area contributed by atoms with Crippen molar-refractivity contribution in [3.63, 3.8) is 0 Å². The summed E-state index contributed by atoms with van der Waals surface area (Å²) >= 11 is 0. The fourth-order valence-corrected chi connectivity index (χ4v) is 1.16. The summed E-state index contributed by atoms with van der Waals surface area (Å²) in [6.07, 6.45) is -1.31. The van der Waals surface area contributed by atoms with E-state index in [0.29, 0.717) is 6.54 Å². The summed E-state index contributed by atoms with van der Waals surface area (Å²) in [5, 5.41) is 8.84. The maximum atomic E-state index is 11.0. The predicted molar refractivity (Wildman–Crippen MR) is 43.8 cm³/mol. The molecule has 1 aliphatic heterocycles. The number of aliphatic hydroxyl groups is 1. The molecule has 0 bridgehead atoms. The number of hydrogen-bond donors (Lipinski definition) is 1. The highest BCUT2D eigenvalue weighted by molar-refractivity contribution is 5.80. The van der Waals surface area contributed by atoms with Gasteiger partial charge in [0.1, 0.15) is 12.2 Å². The van der Waals surface area contributed by atoms with Crippen molar-refractivity contribution >= 4 is 11.9 Å². The molecule has 0 radical (unpaired) electrons. The summed E-state index contributed by atoms with van der Waals surface area (Å²) < 4.78 is 4.86. The molecular weight excluding hydrogens is 174 g/mol. The molecule has 1 saturated heterocycles. The van der Waals surface area contributed by atoms with Gasteiger partial charge >= 0.3 is 5.97 Å². The van der Waals surface area contributed by atoms with Gasteiger partial charge in [-0.3, -0.25) is 4.79 Å². The van der Waals surface area contributed by atoms with E-state index in [1.807, 2.05) is 0 Å². The Labute approximate surface area is 76.3 Å². The van der Waals surface area contributed by atoms with Crippen molar-refractivity contribution in [1.82, 2.24) is 4.90 Å². The monoisotopic (exact) mass is 187 g/mol. The van der Waals surface area contributed by atoms with Crippen LogP contribution in [0.4, 0.5) is 0 Å². The lowest BCUT2D eigenvalue weighted by molar-refractivity contribution is -0.157. The SMILES string of the molecule is C[C@H](O)C(=O)OC1CC(=O)N(C)C1. The molecule has 1 unspecified atom stereocenters. The van der Waals surface area contributed by atoms with Gasteiger partial charge in [0, 0.05) is 7.05 Å². The van der Waals surface area contributed by atoms with E-state index >= 15 is 0 Å². The first-order chi connectivity index (χ1) is 6.00. The molecule has 1 rings (SSSR count). The molecule has 1 amide bonds. The smallest absolute Gasteiger partial charge is 0.335 e. The normalized spacial score (nSPS) is 24.7. The molecule has 1 heterocycles. The standard InChI is InChI=1S/C8H13NO4/c1-5(10)8(12)13-6-3-7(11)9(2)4-6/h5-6,10H,3-4H2,1-2H3/t5-,6?/m0/s1. The third-order valence-corrected chi connectivity index (χ3v) is 1.93. The molecule has 0 aromatic heterocycles. The van der Waals surface area contributed by atoms with Gasteiger partial charge in [-0.1, -0.05) is 0 Å². The fraction of sp³-hybridized carbons (Fsp3) is 0.750. The van der Waals surface area contributed by atoms with Crippen LogP contribution >= 0.6 is 0 Å². The predicted octanol–water partition coefficient (Wildman–Crippen LogP) is -0.859. The number of esters is 1. The van der Waals surface area contributed by atoms with Crippen molar-refractivity contribution in [1.29, 1.82) is 0 Å². The molecule has 0 aromatic rings. The van der Waals surface area contributed by atoms with Gasteiger partial charge in [0.25, 0.3) is 0 Å². The Kier molecular flexibility index (Phi) is 2.87. The summed E-state index contributed by atoms with van der Waals surface area (Å²) in [7, 11) is 1.65. The number of carbonyl (C=O) groups excluding carboxylic acids is 2. The van der Waals surface area contributed by atoms with Gasteiger partial charge in [0.2, 0.25) is 5.91 Å². The Morgan fingerprint density at radius 3 is 2.77 bits per heavy atom. The number of rotatable bonds is 2. The summed E-state index contributed by atoms with van der Waals surface area (Å²) in [4.78, 5) is 23.4. The number of hydrogen-bond acceptors (Lipinski definition) is 4. The Hall–Kier alpha value is -1.10. The minimum absolute atomic E-state index is 0.0385. The fourth-order valence-electron chi connectivity index (χ4n) is 1.16. The lowest BCUT2D eigenvalue weighted by Crippen LogP contribution is -2.27. The van der Waals surface area contributed by atoms with Gasteiger partial charge in [0.15, 0.2) is 0 Å². The van der Waals surface area contributed by atoms with Crippen LogP contribution in [-0.2, 0) is 14.3 Å². The molecule has 0 spiro atoms. The van der Waals surface area contributed by atoms with Crippen LogP contribution in [0, 0.1) is 0 Å². The Balaban J connectivity index is 2.40. The minimum atomic E-state index is -1.12. The molecule has 5 nitrogen and oxygen atoms in total. The van der Waals surface area contributed by atoms with Gasteiger partial charge in [-0.05, 0) is 6.92 Å². The average Bonchev–Trinajstić information content (AvgIpc) is 2.31. The van der Waals surface area contributed by atoms with E-state index in [0.717, 1.165) is 0 Å². The van der Waals surface area contributed by atoms with Crippen molar-refractivity contribution in [3.8, 4) is 0 Å². The molecule has 1 aliphatic rings. The van der Waals surface area contributed by atoms with Crippen molar-refractivity contribution in [2.75, 3.05) is 13.6 Å². The average molecular weight is 187 g/mol. The third kappa shape index (κ3) is 2.42. The van der Waals surface area contributed by atoms with Gasteiger partial charge in [0.05, 0.1) is 13.0 Å². The highest BCUT2D eigenvalue weighted by Gasteiger charge is 2.30. The quantitative estimate of drug-likeness (QED) is 0.571. The summed E-state index contributed by atoms with van der Waals surface area (Å²) in [5.74, 6) is -0.712. The first-order valence-corrected chi connectivity index (χ1v) is 4.13. The van der Waals surface area contributed by atoms with Crippen LogP contribution in [0.15, 0.2) is 0 Å². The van der Waals surface area contributed by atoms with Gasteiger partial charge in [-0.2, -0.15) is 0 Å². The molecule has 13 heavy (non-hydrogen) atoms. The first kappa shape index (κ1) is 9.98. The zero-order valence-electron chi connectivity index (χ0n) is 7.69. The highest BCUT2D eigenvalue weighted by Crippen LogP contribution is 2.12. The summed E-state index contributed by atoms with van der Waals surface area (Å²) in [6, 6.07) is 0. The van der Waals surface area contributed by atoms with Crippen molar-refractivity contribution < 1.29 is 19.4 Å². The van der Waals surface area contributed by atoms with E-state index in [9.17, 15) is 9.59 Å². The van der Waals surface area contributed by atoms with E-state index in [1.54, 1.807) is 7.05 Å². The second kappa shape index (κ2) is 3.74. The first-order valence-electron chi connectivity index (χ1n) is 4.13. The molecule has 0 aromatic carbocycles. The molecule has 1 N–H and O–H groups in total. The lowest BCUT2D eigenvalue weighted by atomic mass is 10.3. The second-order valence-corrected chi connectivity index (χ2v) is 3.21. The van der Waals surface area contributed by atoms with Crippen LogP contribution in [0.3, 0.4) is 0 Å². The topological polar surface area (TPSA) is 66.8 Å². The molecule has 0 saturated carbocycles. The van der Waals surface area contributed by atoms with E-state index in [-0.39, 0.29) is 12.3 Å². The van der Waals surface area contributed by atoms with Crippen molar-refractivity contribution in [3.05, 3.63) is 0 Å². The Bertz CT molecular complexity index is 226. The van der Waals surface area contributed by atoms with E-state index in [2.05, 4.69) is 0 Å². The van der Waals surface area contributed by atoms with Crippen molar-refractivity contribution in [2.24, 2.45) is 0 Å². The molecule has 2 atom stereocenters. The van der Waals surface area contributed by atoms with Crippen LogP contribution in [0.5, 0.6) is 0 Å². The van der Waals surface area contributed by atoms with Crippen LogP contribution < -0.4 is 0 Å². The van der Waals surface area contributed by atoms with Crippen LogP contribution in [0.25, 0.3) is 0 Å². The zero-order valence-corrected chi connectivity index (χ0v) is 7.69. The molecular formula is C8H13NO4.